The fourth-order valence-electron chi connectivity index (χ4n) is 3.93. The number of benzene rings is 1. The van der Waals surface area contributed by atoms with Gasteiger partial charge in [0.2, 0.25) is 11.8 Å². The van der Waals surface area contributed by atoms with Crippen molar-refractivity contribution in [3.05, 3.63) is 71.4 Å². The molecular formula is C27H33N5O4S. The van der Waals surface area contributed by atoms with Crippen molar-refractivity contribution >= 4 is 34.0 Å². The zero-order valence-electron chi connectivity index (χ0n) is 21.5. The number of piperidine rings is 1. The van der Waals surface area contributed by atoms with E-state index in [0.29, 0.717) is 43.4 Å². The number of oxazole rings is 1. The second-order valence-corrected chi connectivity index (χ2v) is 11.1. The van der Waals surface area contributed by atoms with Crippen molar-refractivity contribution in [3.8, 4) is 0 Å². The highest BCUT2D eigenvalue weighted by Crippen LogP contribution is 2.25. The number of thiazole rings is 1. The molecule has 0 aliphatic carbocycles. The summed E-state index contributed by atoms with van der Waals surface area (Å²) in [6.45, 7) is 11.7. The number of amides is 2. The van der Waals surface area contributed by atoms with Gasteiger partial charge in [0.05, 0.1) is 17.7 Å². The highest BCUT2D eigenvalue weighted by molar-refractivity contribution is 7.15. The zero-order valence-corrected chi connectivity index (χ0v) is 22.3. The molecule has 0 spiro atoms. The fourth-order valence-corrected chi connectivity index (χ4v) is 4.76. The van der Waals surface area contributed by atoms with Gasteiger partial charge in [-0.25, -0.2) is 9.97 Å². The first-order chi connectivity index (χ1) is 17.7. The molecule has 1 aliphatic rings. The first-order valence-electron chi connectivity index (χ1n) is 12.3. The van der Waals surface area contributed by atoms with Gasteiger partial charge in [-0.05, 0) is 43.2 Å². The largest absolute Gasteiger partial charge is 0.443 e. The van der Waals surface area contributed by atoms with E-state index in [0.717, 1.165) is 28.6 Å². The quantitative estimate of drug-likeness (QED) is 0.380. The molecule has 10 heteroatoms. The fraction of sp³-hybridized carbons (Fsp3) is 0.407. The number of ether oxygens (including phenoxy) is 1. The number of likely N-dealkylation sites (tertiary alicyclic amines) is 1. The topological polar surface area (TPSA) is 110 Å². The Morgan fingerprint density at radius 2 is 2.00 bits per heavy atom. The highest BCUT2D eigenvalue weighted by Gasteiger charge is 2.25. The Bertz CT molecular complexity index is 1230. The molecule has 196 valence electrons. The molecule has 1 atom stereocenters. The summed E-state index contributed by atoms with van der Waals surface area (Å²) in [6.07, 6.45) is 6.64. The van der Waals surface area contributed by atoms with Gasteiger partial charge >= 0.3 is 0 Å². The van der Waals surface area contributed by atoms with E-state index < -0.39 is 0 Å². The molecule has 3 heterocycles. The Kier molecular flexibility index (Phi) is 8.40. The molecule has 2 N–H and O–H groups in total. The van der Waals surface area contributed by atoms with Crippen LogP contribution in [0.3, 0.4) is 0 Å². The van der Waals surface area contributed by atoms with Crippen molar-refractivity contribution in [2.45, 2.75) is 58.3 Å². The smallest absolute Gasteiger partial charge is 0.253 e. The molecule has 0 radical (unpaired) electrons. The van der Waals surface area contributed by atoms with Crippen molar-refractivity contribution in [2.75, 3.05) is 23.7 Å². The number of nitrogens with one attached hydrogen (secondary N) is 2. The minimum Gasteiger partial charge on any atom is -0.443 e. The van der Waals surface area contributed by atoms with Gasteiger partial charge in [0.15, 0.2) is 5.13 Å². The van der Waals surface area contributed by atoms with Crippen molar-refractivity contribution in [1.29, 1.82) is 0 Å². The third-order valence-electron chi connectivity index (χ3n) is 5.94. The maximum atomic E-state index is 13.0. The van der Waals surface area contributed by atoms with E-state index in [9.17, 15) is 9.59 Å². The Hall–Kier alpha value is -3.50. The number of nitrogens with zero attached hydrogens (tertiary/aromatic N) is 3. The van der Waals surface area contributed by atoms with Crippen molar-refractivity contribution in [2.24, 2.45) is 0 Å². The van der Waals surface area contributed by atoms with Gasteiger partial charge < -0.3 is 24.7 Å². The number of carbonyl (C=O) groups excluding carboxylic acids is 2. The lowest BCUT2D eigenvalue weighted by molar-refractivity contribution is -0.111. The average Bonchev–Trinajstić information content (AvgIpc) is 3.54. The summed E-state index contributed by atoms with van der Waals surface area (Å²) in [4.78, 5) is 36.1. The second-order valence-electron chi connectivity index (χ2n) is 10.00. The molecular weight excluding hydrogens is 490 g/mol. The molecule has 9 nitrogen and oxygen atoms in total. The minimum atomic E-state index is -0.287. The molecule has 1 fully saturated rings. The minimum absolute atomic E-state index is 0.0255. The predicted octanol–water partition coefficient (Wildman–Crippen LogP) is 4.99. The summed E-state index contributed by atoms with van der Waals surface area (Å²) in [7, 11) is 0. The van der Waals surface area contributed by atoms with Crippen LogP contribution in [0.4, 0.5) is 10.8 Å². The van der Waals surface area contributed by atoms with Crippen LogP contribution in [-0.2, 0) is 28.2 Å². The molecule has 0 saturated carbocycles. The van der Waals surface area contributed by atoms with Gasteiger partial charge in [-0.2, -0.15) is 0 Å². The second kappa shape index (κ2) is 11.7. The predicted molar refractivity (Wildman–Crippen MR) is 144 cm³/mol. The van der Waals surface area contributed by atoms with E-state index >= 15 is 0 Å². The van der Waals surface area contributed by atoms with Crippen LogP contribution in [0.5, 0.6) is 0 Å². The third-order valence-corrected chi connectivity index (χ3v) is 6.84. The van der Waals surface area contributed by atoms with E-state index in [1.165, 1.54) is 6.08 Å². The standard InChI is InChI=1S/C27H33N5O4S/c1-5-23(33)30-19-10-8-18(9-11-19)25(34)32-12-6-7-20(15-32)31-26-29-13-21(37-26)16-35-17-24-28-14-22(36-24)27(2,3)4/h5,8-11,13-14,20H,1,6-7,12,15-17H2,2-4H3,(H,29,31)(H,30,33)/t20-/m1/s1. The van der Waals surface area contributed by atoms with E-state index in [4.69, 9.17) is 9.15 Å². The van der Waals surface area contributed by atoms with Gasteiger partial charge in [0, 0.05) is 42.0 Å². The average molecular weight is 524 g/mol. The number of rotatable bonds is 9. The molecule has 4 rings (SSSR count). The van der Waals surface area contributed by atoms with E-state index in [1.807, 2.05) is 11.1 Å². The molecule has 1 saturated heterocycles. The summed E-state index contributed by atoms with van der Waals surface area (Å²) < 4.78 is 11.5. The summed E-state index contributed by atoms with van der Waals surface area (Å²) in [5, 5.41) is 6.97. The van der Waals surface area contributed by atoms with Crippen LogP contribution >= 0.6 is 11.3 Å². The number of carbonyl (C=O) groups is 2. The molecule has 3 aromatic rings. The lowest BCUT2D eigenvalue weighted by Gasteiger charge is -2.33. The van der Waals surface area contributed by atoms with Gasteiger partial charge in [0.25, 0.3) is 5.91 Å². The van der Waals surface area contributed by atoms with Crippen LogP contribution in [0.25, 0.3) is 0 Å². The van der Waals surface area contributed by atoms with Gasteiger partial charge in [-0.1, -0.05) is 38.7 Å². The van der Waals surface area contributed by atoms with Crippen LogP contribution in [0, 0.1) is 0 Å². The molecule has 1 aliphatic heterocycles. The monoisotopic (exact) mass is 523 g/mol. The van der Waals surface area contributed by atoms with Crippen LogP contribution in [0.1, 0.15) is 60.5 Å². The highest BCUT2D eigenvalue weighted by atomic mass is 32.1. The van der Waals surface area contributed by atoms with Crippen LogP contribution < -0.4 is 10.6 Å². The summed E-state index contributed by atoms with van der Waals surface area (Å²) in [6, 6.07) is 7.02. The normalized spacial score (nSPS) is 15.9. The van der Waals surface area contributed by atoms with Gasteiger partial charge in [0.1, 0.15) is 12.4 Å². The molecule has 0 bridgehead atoms. The first kappa shape index (κ1) is 26.6. The van der Waals surface area contributed by atoms with Crippen LogP contribution in [0.15, 0.2) is 53.7 Å². The SMILES string of the molecule is C=CC(=O)Nc1ccc(C(=O)N2CCC[C@@H](Nc3ncc(COCc4ncc(C(C)(C)C)o4)s3)C2)cc1. The maximum Gasteiger partial charge on any atom is 0.253 e. The Morgan fingerprint density at radius 3 is 2.70 bits per heavy atom. The van der Waals surface area contributed by atoms with Gasteiger partial charge in [-0.15, -0.1) is 0 Å². The summed E-state index contributed by atoms with van der Waals surface area (Å²) in [5.41, 5.74) is 1.13. The first-order valence-corrected chi connectivity index (χ1v) is 13.1. The van der Waals surface area contributed by atoms with Gasteiger partial charge in [-0.3, -0.25) is 9.59 Å². The Balaban J connectivity index is 1.25. The molecule has 2 aromatic heterocycles. The van der Waals surface area contributed by atoms with Crippen molar-refractivity contribution < 1.29 is 18.7 Å². The van der Waals surface area contributed by atoms with Crippen LogP contribution in [-0.4, -0.2) is 45.8 Å². The van der Waals surface area contributed by atoms with E-state index in [-0.39, 0.29) is 23.3 Å². The molecule has 0 unspecified atom stereocenters. The van der Waals surface area contributed by atoms with Crippen LogP contribution in [0.2, 0.25) is 0 Å². The summed E-state index contributed by atoms with van der Waals surface area (Å²) >= 11 is 1.54. The number of aromatic nitrogens is 2. The Labute approximate surface area is 220 Å². The Morgan fingerprint density at radius 1 is 1.22 bits per heavy atom. The number of anilines is 2. The number of hydrogen-bond acceptors (Lipinski definition) is 8. The summed E-state index contributed by atoms with van der Waals surface area (Å²) in [5.74, 6) is 1.09. The lowest BCUT2D eigenvalue weighted by Crippen LogP contribution is -2.45. The van der Waals surface area contributed by atoms with Crippen molar-refractivity contribution in [3.63, 3.8) is 0 Å². The maximum absolute atomic E-state index is 13.0. The third kappa shape index (κ3) is 7.27. The molecule has 2 amide bonds. The molecule has 1 aromatic carbocycles. The van der Waals surface area contributed by atoms with Crippen molar-refractivity contribution in [1.82, 2.24) is 14.9 Å². The lowest BCUT2D eigenvalue weighted by atomic mass is 9.94. The van der Waals surface area contributed by atoms with E-state index in [2.05, 4.69) is 48.0 Å². The van der Waals surface area contributed by atoms with E-state index in [1.54, 1.807) is 41.8 Å². The molecule has 37 heavy (non-hydrogen) atoms. The zero-order chi connectivity index (χ0) is 26.4. The number of hydrogen-bond donors (Lipinski definition) is 2.